The number of nitrogens with zero attached hydrogens (tertiary/aromatic N) is 4. The Morgan fingerprint density at radius 3 is 2.91 bits per heavy atom. The van der Waals surface area contributed by atoms with Crippen LogP contribution in [-0.2, 0) is 0 Å². The maximum Gasteiger partial charge on any atom is 0.222 e. The van der Waals surface area contributed by atoms with Crippen molar-refractivity contribution in [3.63, 3.8) is 0 Å². The molecule has 3 aromatic rings. The Hall–Kier alpha value is -2.18. The van der Waals surface area contributed by atoms with Crippen LogP contribution in [0.2, 0.25) is 5.02 Å². The van der Waals surface area contributed by atoms with E-state index in [0.717, 1.165) is 42.1 Å². The quantitative estimate of drug-likeness (QED) is 0.758. The number of nitrogen functional groups attached to an aromatic ring is 1. The Morgan fingerprint density at radius 2 is 2.14 bits per heavy atom. The zero-order chi connectivity index (χ0) is 15.1. The van der Waals surface area contributed by atoms with E-state index < -0.39 is 0 Å². The number of hydrogen-bond acceptors (Lipinski definition) is 5. The summed E-state index contributed by atoms with van der Waals surface area (Å²) in [7, 11) is 0. The Kier molecular flexibility index (Phi) is 3.20. The number of anilines is 1. The third kappa shape index (κ3) is 2.12. The average Bonchev–Trinajstić information content (AvgIpc) is 3.14. The summed E-state index contributed by atoms with van der Waals surface area (Å²) in [5, 5.41) is 4.05. The normalized spacial score (nSPS) is 18.1. The van der Waals surface area contributed by atoms with Crippen molar-refractivity contribution >= 4 is 28.7 Å². The molecule has 3 N–H and O–H groups in total. The summed E-state index contributed by atoms with van der Waals surface area (Å²) in [4.78, 5) is 13.1. The molecule has 4 rings (SSSR count). The van der Waals surface area contributed by atoms with Crippen LogP contribution in [-0.4, -0.2) is 32.6 Å². The van der Waals surface area contributed by atoms with E-state index in [1.54, 1.807) is 6.20 Å². The number of hydrogen-bond donors (Lipinski definition) is 2. The van der Waals surface area contributed by atoms with E-state index in [-0.39, 0.29) is 12.0 Å². The zero-order valence-corrected chi connectivity index (χ0v) is 12.6. The molecular formula is C15H15ClN6. The van der Waals surface area contributed by atoms with Gasteiger partial charge in [0.2, 0.25) is 5.95 Å². The molecule has 22 heavy (non-hydrogen) atoms. The molecule has 1 saturated heterocycles. The summed E-state index contributed by atoms with van der Waals surface area (Å²) >= 11 is 6.37. The van der Waals surface area contributed by atoms with Crippen molar-refractivity contribution in [2.75, 3.05) is 18.8 Å². The van der Waals surface area contributed by atoms with E-state index in [0.29, 0.717) is 5.02 Å². The van der Waals surface area contributed by atoms with Gasteiger partial charge in [-0.1, -0.05) is 23.7 Å². The molecule has 1 fully saturated rings. The van der Waals surface area contributed by atoms with Gasteiger partial charge < -0.3 is 15.6 Å². The number of nitrogens with one attached hydrogen (secondary N) is 1. The second kappa shape index (κ2) is 5.23. The molecule has 1 atom stereocenters. The highest BCUT2D eigenvalue weighted by atomic mass is 35.5. The van der Waals surface area contributed by atoms with Gasteiger partial charge in [-0.2, -0.15) is 4.98 Å². The molecule has 112 valence electrons. The summed E-state index contributed by atoms with van der Waals surface area (Å²) < 4.78 is 2.13. The predicted octanol–water partition coefficient (Wildman–Crippen LogP) is 2.26. The van der Waals surface area contributed by atoms with Gasteiger partial charge in [0.1, 0.15) is 11.3 Å². The molecule has 1 unspecified atom stereocenters. The average molecular weight is 315 g/mol. The Morgan fingerprint density at radius 1 is 1.27 bits per heavy atom. The van der Waals surface area contributed by atoms with Crippen molar-refractivity contribution in [3.05, 3.63) is 35.5 Å². The number of nitrogens with two attached hydrogens (primary N) is 1. The number of imidazole rings is 1. The van der Waals surface area contributed by atoms with Crippen LogP contribution in [0.1, 0.15) is 12.5 Å². The molecule has 0 spiro atoms. The van der Waals surface area contributed by atoms with E-state index in [2.05, 4.69) is 19.9 Å². The highest BCUT2D eigenvalue weighted by molar-refractivity contribution is 6.33. The van der Waals surface area contributed by atoms with Crippen molar-refractivity contribution in [2.24, 2.45) is 0 Å². The van der Waals surface area contributed by atoms with E-state index >= 15 is 0 Å². The molecule has 0 bridgehead atoms. The van der Waals surface area contributed by atoms with Gasteiger partial charge in [-0.15, -0.1) is 0 Å². The maximum absolute atomic E-state index is 6.37. The molecular weight excluding hydrogens is 300 g/mol. The van der Waals surface area contributed by atoms with Crippen LogP contribution in [0.25, 0.3) is 22.6 Å². The van der Waals surface area contributed by atoms with Gasteiger partial charge in [-0.25, -0.2) is 9.97 Å². The van der Waals surface area contributed by atoms with Crippen LogP contribution in [0.4, 0.5) is 5.95 Å². The highest BCUT2D eigenvalue weighted by Gasteiger charge is 2.25. The lowest BCUT2D eigenvalue weighted by Crippen LogP contribution is -2.15. The van der Waals surface area contributed by atoms with Crippen LogP contribution in [0.3, 0.4) is 0 Å². The number of benzene rings is 1. The third-order valence-corrected chi connectivity index (χ3v) is 4.30. The largest absolute Gasteiger partial charge is 0.368 e. The van der Waals surface area contributed by atoms with E-state index in [1.807, 2.05) is 24.3 Å². The van der Waals surface area contributed by atoms with Crippen molar-refractivity contribution in [1.29, 1.82) is 0 Å². The van der Waals surface area contributed by atoms with E-state index in [1.165, 1.54) is 0 Å². The molecule has 0 aliphatic carbocycles. The van der Waals surface area contributed by atoms with Crippen molar-refractivity contribution in [1.82, 2.24) is 24.8 Å². The summed E-state index contributed by atoms with van der Waals surface area (Å²) in [6.07, 6.45) is 2.68. The predicted molar refractivity (Wildman–Crippen MR) is 86.7 cm³/mol. The van der Waals surface area contributed by atoms with E-state index in [9.17, 15) is 0 Å². The van der Waals surface area contributed by atoms with Crippen LogP contribution < -0.4 is 11.1 Å². The van der Waals surface area contributed by atoms with Gasteiger partial charge in [-0.3, -0.25) is 0 Å². The minimum absolute atomic E-state index is 0.255. The first-order valence-electron chi connectivity index (χ1n) is 7.20. The fourth-order valence-corrected chi connectivity index (χ4v) is 3.16. The van der Waals surface area contributed by atoms with Crippen LogP contribution in [0.15, 0.2) is 30.5 Å². The molecule has 1 aliphatic rings. The van der Waals surface area contributed by atoms with Crippen molar-refractivity contribution < 1.29 is 0 Å². The smallest absolute Gasteiger partial charge is 0.222 e. The molecule has 6 nitrogen and oxygen atoms in total. The molecule has 1 aliphatic heterocycles. The first kappa shape index (κ1) is 13.5. The molecule has 0 saturated carbocycles. The van der Waals surface area contributed by atoms with E-state index in [4.69, 9.17) is 22.3 Å². The number of halogens is 1. The minimum Gasteiger partial charge on any atom is -0.368 e. The standard InChI is InChI=1S/C15H15ClN6/c16-11-4-2-1-3-10(11)13-20-12-8-19-15(17)21-14(12)22(13)9-5-6-18-7-9/h1-4,8-9,18H,5-7H2,(H2,17,19,21). The van der Waals surface area contributed by atoms with Crippen molar-refractivity contribution in [3.8, 4) is 11.4 Å². The first-order chi connectivity index (χ1) is 10.7. The van der Waals surface area contributed by atoms with Gasteiger partial charge in [0.15, 0.2) is 5.65 Å². The van der Waals surface area contributed by atoms with Gasteiger partial charge in [0.25, 0.3) is 0 Å². The zero-order valence-electron chi connectivity index (χ0n) is 11.8. The van der Waals surface area contributed by atoms with Gasteiger partial charge in [0.05, 0.1) is 17.3 Å². The number of rotatable bonds is 2. The van der Waals surface area contributed by atoms with Gasteiger partial charge in [0, 0.05) is 12.1 Å². The lowest BCUT2D eigenvalue weighted by atomic mass is 10.2. The minimum atomic E-state index is 0.255. The second-order valence-corrected chi connectivity index (χ2v) is 5.78. The van der Waals surface area contributed by atoms with Crippen LogP contribution in [0, 0.1) is 0 Å². The fourth-order valence-electron chi connectivity index (χ4n) is 2.94. The number of aromatic nitrogens is 4. The molecule has 1 aromatic carbocycles. The topological polar surface area (TPSA) is 81.6 Å². The molecule has 0 radical (unpaired) electrons. The molecule has 3 heterocycles. The summed E-state index contributed by atoms with van der Waals surface area (Å²) in [5.74, 6) is 1.07. The molecule has 7 heteroatoms. The Balaban J connectivity index is 2.01. The van der Waals surface area contributed by atoms with Crippen LogP contribution >= 0.6 is 11.6 Å². The molecule has 0 amide bonds. The SMILES string of the molecule is Nc1ncc2nc(-c3ccccc3Cl)n(C3CCNC3)c2n1. The van der Waals surface area contributed by atoms with Crippen LogP contribution in [0.5, 0.6) is 0 Å². The highest BCUT2D eigenvalue weighted by Crippen LogP contribution is 2.33. The second-order valence-electron chi connectivity index (χ2n) is 5.37. The summed E-state index contributed by atoms with van der Waals surface area (Å²) in [5.41, 5.74) is 8.15. The first-order valence-corrected chi connectivity index (χ1v) is 7.58. The Bertz CT molecular complexity index is 837. The van der Waals surface area contributed by atoms with Crippen molar-refractivity contribution in [2.45, 2.75) is 12.5 Å². The number of fused-ring (bicyclic) bond motifs is 1. The molecule has 2 aromatic heterocycles. The van der Waals surface area contributed by atoms with Gasteiger partial charge >= 0.3 is 0 Å². The lowest BCUT2D eigenvalue weighted by Gasteiger charge is -2.15. The van der Waals surface area contributed by atoms with Gasteiger partial charge in [-0.05, 0) is 25.1 Å². The maximum atomic E-state index is 6.37. The third-order valence-electron chi connectivity index (χ3n) is 3.97. The lowest BCUT2D eigenvalue weighted by molar-refractivity contribution is 0.563. The Labute approximate surface area is 132 Å². The fraction of sp³-hybridized carbons (Fsp3) is 0.267. The summed E-state index contributed by atoms with van der Waals surface area (Å²) in [6.45, 7) is 1.86. The summed E-state index contributed by atoms with van der Waals surface area (Å²) in [6, 6.07) is 7.99. The monoisotopic (exact) mass is 314 g/mol.